The molecule has 0 radical (unpaired) electrons. The molecule has 0 amide bonds. The molecule has 0 unspecified atom stereocenters. The number of nitrogens with zero attached hydrogens (tertiary/aromatic N) is 5. The van der Waals surface area contributed by atoms with Crippen molar-refractivity contribution in [2.75, 3.05) is 11.9 Å². The number of nitro groups is 1. The molecule has 1 N–H and O–H groups in total. The molecule has 0 saturated carbocycles. The maximum atomic E-state index is 11.5. The fourth-order valence-corrected chi connectivity index (χ4v) is 2.21. The van der Waals surface area contributed by atoms with E-state index in [1.54, 1.807) is 4.57 Å². The summed E-state index contributed by atoms with van der Waals surface area (Å²) in [6.07, 6.45) is 3.68. The Labute approximate surface area is 126 Å². The summed E-state index contributed by atoms with van der Waals surface area (Å²) in [7, 11) is 0. The Morgan fingerprint density at radius 2 is 2.09 bits per heavy atom. The van der Waals surface area contributed by atoms with Crippen LogP contribution in [0.5, 0.6) is 0 Å². The molecule has 8 nitrogen and oxygen atoms in total. The molecule has 2 aromatic heterocycles. The van der Waals surface area contributed by atoms with E-state index in [-0.39, 0.29) is 17.3 Å². The van der Waals surface area contributed by atoms with Gasteiger partial charge in [0.05, 0.1) is 16.0 Å². The predicted molar refractivity (Wildman–Crippen MR) is 82.1 cm³/mol. The highest BCUT2D eigenvalue weighted by Crippen LogP contribution is 2.29. The molecular formula is C14H14N6O2. The Bertz CT molecular complexity index is 829. The third-order valence-electron chi connectivity index (χ3n) is 3.21. The van der Waals surface area contributed by atoms with Gasteiger partial charge in [-0.2, -0.15) is 0 Å². The van der Waals surface area contributed by atoms with Crippen molar-refractivity contribution >= 4 is 22.5 Å². The van der Waals surface area contributed by atoms with E-state index in [2.05, 4.69) is 20.3 Å². The monoisotopic (exact) mass is 298 g/mol. The van der Waals surface area contributed by atoms with Crippen LogP contribution in [0.25, 0.3) is 16.9 Å². The SMILES string of the molecule is CCCNc1ncnc(-n2cnc3ccccc32)c1[N+](=O)[O-]. The maximum absolute atomic E-state index is 11.5. The summed E-state index contributed by atoms with van der Waals surface area (Å²) in [5, 5.41) is 14.5. The number of hydrogen-bond donors (Lipinski definition) is 1. The molecule has 2 heterocycles. The quantitative estimate of drug-likeness (QED) is 0.574. The van der Waals surface area contributed by atoms with E-state index < -0.39 is 4.92 Å². The zero-order valence-electron chi connectivity index (χ0n) is 11.9. The fourth-order valence-electron chi connectivity index (χ4n) is 2.21. The minimum atomic E-state index is -0.470. The standard InChI is InChI=1S/C14H14N6O2/c1-2-7-15-13-12(20(21)22)14(17-8-16-13)19-9-18-10-5-3-4-6-11(10)19/h3-6,8-9H,2,7H2,1H3,(H,15,16,17). The summed E-state index contributed by atoms with van der Waals surface area (Å²) in [5.41, 5.74) is 1.35. The van der Waals surface area contributed by atoms with Gasteiger partial charge in [0.2, 0.25) is 11.6 Å². The molecule has 0 fully saturated rings. The lowest BCUT2D eigenvalue weighted by Gasteiger charge is -2.08. The summed E-state index contributed by atoms with van der Waals surface area (Å²) >= 11 is 0. The summed E-state index contributed by atoms with van der Waals surface area (Å²) in [5.74, 6) is 0.418. The highest BCUT2D eigenvalue weighted by atomic mass is 16.6. The van der Waals surface area contributed by atoms with E-state index in [1.807, 2.05) is 31.2 Å². The zero-order valence-corrected chi connectivity index (χ0v) is 11.9. The van der Waals surface area contributed by atoms with Crippen molar-refractivity contribution in [3.05, 3.63) is 47.0 Å². The number of hydrogen-bond acceptors (Lipinski definition) is 6. The van der Waals surface area contributed by atoms with Crippen molar-refractivity contribution in [3.63, 3.8) is 0 Å². The first kappa shape index (κ1) is 13.9. The van der Waals surface area contributed by atoms with Crippen LogP contribution in [0.4, 0.5) is 11.5 Å². The van der Waals surface area contributed by atoms with Crippen LogP contribution in [0.3, 0.4) is 0 Å². The van der Waals surface area contributed by atoms with Crippen LogP contribution in [0.1, 0.15) is 13.3 Å². The number of anilines is 1. The first-order valence-corrected chi connectivity index (χ1v) is 6.88. The highest BCUT2D eigenvalue weighted by molar-refractivity contribution is 5.78. The largest absolute Gasteiger partial charge is 0.364 e. The summed E-state index contributed by atoms with van der Waals surface area (Å²) in [6, 6.07) is 7.40. The Morgan fingerprint density at radius 3 is 2.86 bits per heavy atom. The van der Waals surface area contributed by atoms with Gasteiger partial charge in [0, 0.05) is 6.54 Å². The number of imidazole rings is 1. The van der Waals surface area contributed by atoms with Gasteiger partial charge in [-0.25, -0.2) is 15.0 Å². The second-order valence-corrected chi connectivity index (χ2v) is 4.68. The Balaban J connectivity index is 2.20. The Morgan fingerprint density at radius 1 is 1.27 bits per heavy atom. The minimum Gasteiger partial charge on any atom is -0.364 e. The zero-order chi connectivity index (χ0) is 15.5. The van der Waals surface area contributed by atoms with Crippen LogP contribution in [0.15, 0.2) is 36.9 Å². The van der Waals surface area contributed by atoms with Crippen LogP contribution in [0, 0.1) is 10.1 Å². The number of nitrogens with one attached hydrogen (secondary N) is 1. The van der Waals surface area contributed by atoms with Gasteiger partial charge in [0.25, 0.3) is 0 Å². The molecule has 0 atom stereocenters. The molecule has 112 valence electrons. The van der Waals surface area contributed by atoms with Crippen LogP contribution >= 0.6 is 0 Å². The second-order valence-electron chi connectivity index (χ2n) is 4.68. The van der Waals surface area contributed by atoms with Crippen LogP contribution < -0.4 is 5.32 Å². The van der Waals surface area contributed by atoms with Gasteiger partial charge >= 0.3 is 5.69 Å². The first-order chi connectivity index (χ1) is 10.7. The molecule has 0 aliphatic heterocycles. The molecule has 0 saturated heterocycles. The molecule has 22 heavy (non-hydrogen) atoms. The summed E-state index contributed by atoms with van der Waals surface area (Å²) in [6.45, 7) is 2.58. The summed E-state index contributed by atoms with van der Waals surface area (Å²) in [4.78, 5) is 23.3. The number of fused-ring (bicyclic) bond motifs is 1. The molecule has 0 aliphatic carbocycles. The van der Waals surface area contributed by atoms with Gasteiger partial charge in [-0.05, 0) is 18.6 Å². The molecule has 0 aliphatic rings. The van der Waals surface area contributed by atoms with Gasteiger partial charge in [-0.15, -0.1) is 0 Å². The van der Waals surface area contributed by atoms with E-state index in [0.717, 1.165) is 17.5 Å². The lowest BCUT2D eigenvalue weighted by molar-refractivity contribution is -0.384. The molecule has 8 heteroatoms. The maximum Gasteiger partial charge on any atom is 0.354 e. The van der Waals surface area contributed by atoms with E-state index in [4.69, 9.17) is 0 Å². The van der Waals surface area contributed by atoms with Crippen molar-refractivity contribution in [3.8, 4) is 5.82 Å². The first-order valence-electron chi connectivity index (χ1n) is 6.88. The Kier molecular flexibility index (Phi) is 3.65. The van der Waals surface area contributed by atoms with Crippen LogP contribution in [0.2, 0.25) is 0 Å². The summed E-state index contributed by atoms with van der Waals surface area (Å²) < 4.78 is 1.60. The number of aromatic nitrogens is 4. The van der Waals surface area contributed by atoms with Gasteiger partial charge in [0.15, 0.2) is 0 Å². The van der Waals surface area contributed by atoms with Crippen molar-refractivity contribution < 1.29 is 4.92 Å². The number of benzene rings is 1. The van der Waals surface area contributed by atoms with Crippen molar-refractivity contribution in [2.24, 2.45) is 0 Å². The highest BCUT2D eigenvalue weighted by Gasteiger charge is 2.24. The smallest absolute Gasteiger partial charge is 0.354 e. The number of para-hydroxylation sites is 2. The van der Waals surface area contributed by atoms with E-state index >= 15 is 0 Å². The van der Waals surface area contributed by atoms with Crippen molar-refractivity contribution in [1.29, 1.82) is 0 Å². The lowest BCUT2D eigenvalue weighted by Crippen LogP contribution is -2.10. The van der Waals surface area contributed by atoms with Crippen molar-refractivity contribution in [1.82, 2.24) is 19.5 Å². The van der Waals surface area contributed by atoms with Gasteiger partial charge in [-0.3, -0.25) is 14.7 Å². The van der Waals surface area contributed by atoms with Crippen molar-refractivity contribution in [2.45, 2.75) is 13.3 Å². The molecule has 1 aromatic carbocycles. The third-order valence-corrected chi connectivity index (χ3v) is 3.21. The molecule has 0 spiro atoms. The van der Waals surface area contributed by atoms with Crippen LogP contribution in [-0.2, 0) is 0 Å². The predicted octanol–water partition coefficient (Wildman–Crippen LogP) is 2.55. The average Bonchev–Trinajstić information content (AvgIpc) is 2.96. The molecule has 3 rings (SSSR count). The van der Waals surface area contributed by atoms with E-state index in [1.165, 1.54) is 12.7 Å². The molecular weight excluding hydrogens is 284 g/mol. The van der Waals surface area contributed by atoms with Gasteiger partial charge in [-0.1, -0.05) is 19.1 Å². The van der Waals surface area contributed by atoms with Crippen LogP contribution in [-0.4, -0.2) is 31.0 Å². The average molecular weight is 298 g/mol. The van der Waals surface area contributed by atoms with E-state index in [9.17, 15) is 10.1 Å². The Hall–Kier alpha value is -3.03. The topological polar surface area (TPSA) is 98.8 Å². The third kappa shape index (κ3) is 2.34. The normalized spacial score (nSPS) is 10.8. The number of rotatable bonds is 5. The second kappa shape index (κ2) is 5.76. The minimum absolute atomic E-state index is 0.154. The lowest BCUT2D eigenvalue weighted by atomic mass is 10.3. The van der Waals surface area contributed by atoms with E-state index in [0.29, 0.717) is 6.54 Å². The fraction of sp³-hybridized carbons (Fsp3) is 0.214. The van der Waals surface area contributed by atoms with Gasteiger partial charge < -0.3 is 5.32 Å². The van der Waals surface area contributed by atoms with Gasteiger partial charge in [0.1, 0.15) is 12.7 Å². The molecule has 3 aromatic rings. The molecule has 0 bridgehead atoms.